The lowest BCUT2D eigenvalue weighted by molar-refractivity contribution is 0.0510. The molecule has 126 valence electrons. The summed E-state index contributed by atoms with van der Waals surface area (Å²) in [6.45, 7) is 5.69. The van der Waals surface area contributed by atoms with Crippen LogP contribution in [0.15, 0.2) is 30.0 Å². The summed E-state index contributed by atoms with van der Waals surface area (Å²) in [7, 11) is 0. The van der Waals surface area contributed by atoms with Gasteiger partial charge in [-0.25, -0.2) is 4.79 Å². The number of nitrogens with zero attached hydrogens (tertiary/aromatic N) is 1. The van der Waals surface area contributed by atoms with E-state index < -0.39 is 12.1 Å². The molecule has 0 heterocycles. The molecule has 1 rings (SSSR count). The molecular weight excluding hydrogens is 298 g/mol. The summed E-state index contributed by atoms with van der Waals surface area (Å²) < 4.78 is 5.08. The molecule has 0 aliphatic carbocycles. The van der Waals surface area contributed by atoms with Gasteiger partial charge in [0.2, 0.25) is 0 Å². The fourth-order valence-corrected chi connectivity index (χ4v) is 2.24. The largest absolute Gasteiger partial charge is 0.508 e. The number of unbranched alkanes of at least 4 members (excludes halogenated alkanes) is 1. The fraction of sp³-hybridized carbons (Fsp3) is 0.471. The van der Waals surface area contributed by atoms with Gasteiger partial charge in [0.15, 0.2) is 0 Å². The lowest BCUT2D eigenvalue weighted by Gasteiger charge is -2.15. The first kappa shape index (κ1) is 18.8. The lowest BCUT2D eigenvalue weighted by Crippen LogP contribution is -2.15. The number of rotatable bonds is 10. The average Bonchev–Trinajstić information content (AvgIpc) is 2.52. The van der Waals surface area contributed by atoms with Crippen molar-refractivity contribution in [2.24, 2.45) is 5.18 Å². The van der Waals surface area contributed by atoms with E-state index in [1.165, 1.54) is 6.07 Å². The van der Waals surface area contributed by atoms with Crippen molar-refractivity contribution in [3.63, 3.8) is 0 Å². The van der Waals surface area contributed by atoms with Gasteiger partial charge in [0.25, 0.3) is 0 Å². The number of benzene rings is 1. The van der Waals surface area contributed by atoms with Crippen molar-refractivity contribution >= 4 is 11.7 Å². The van der Waals surface area contributed by atoms with E-state index in [2.05, 4.69) is 11.8 Å². The Hall–Kier alpha value is -2.21. The highest BCUT2D eigenvalue weighted by atomic mass is 16.5. The molecule has 1 unspecified atom stereocenters. The van der Waals surface area contributed by atoms with Crippen molar-refractivity contribution in [1.82, 2.24) is 0 Å². The summed E-state index contributed by atoms with van der Waals surface area (Å²) in [5, 5.41) is 22.5. The van der Waals surface area contributed by atoms with Crippen molar-refractivity contribution in [3.05, 3.63) is 40.8 Å². The van der Waals surface area contributed by atoms with E-state index >= 15 is 0 Å². The summed E-state index contributed by atoms with van der Waals surface area (Å²) in [4.78, 5) is 23.2. The van der Waals surface area contributed by atoms with Crippen LogP contribution in [0.3, 0.4) is 0 Å². The van der Waals surface area contributed by atoms with Gasteiger partial charge >= 0.3 is 5.97 Å². The first-order chi connectivity index (χ1) is 11.0. The van der Waals surface area contributed by atoms with Crippen LogP contribution in [0.4, 0.5) is 5.69 Å². The number of aliphatic hydroxyl groups is 1. The Bertz CT molecular complexity index is 556. The van der Waals surface area contributed by atoms with Crippen LogP contribution in [-0.4, -0.2) is 28.9 Å². The number of carbonyl (C=O) groups is 1. The molecule has 0 saturated heterocycles. The van der Waals surface area contributed by atoms with Crippen molar-refractivity contribution < 1.29 is 19.7 Å². The zero-order valence-corrected chi connectivity index (χ0v) is 13.3. The number of aromatic hydroxyl groups is 1. The molecule has 6 nitrogen and oxygen atoms in total. The fourth-order valence-electron chi connectivity index (χ4n) is 2.24. The maximum Gasteiger partial charge on any atom is 0.340 e. The molecule has 0 saturated carbocycles. The molecule has 0 bridgehead atoms. The first-order valence-corrected chi connectivity index (χ1v) is 7.68. The predicted octanol–water partition coefficient (Wildman–Crippen LogP) is 3.62. The van der Waals surface area contributed by atoms with Gasteiger partial charge in [-0.1, -0.05) is 25.8 Å². The third-order valence-electron chi connectivity index (χ3n) is 3.39. The van der Waals surface area contributed by atoms with Crippen LogP contribution in [0.25, 0.3) is 0 Å². The van der Waals surface area contributed by atoms with Crippen LogP contribution < -0.4 is 0 Å². The molecule has 0 amide bonds. The topological polar surface area (TPSA) is 96.2 Å². The predicted molar refractivity (Wildman–Crippen MR) is 87.9 cm³/mol. The molecule has 0 fully saturated rings. The van der Waals surface area contributed by atoms with Crippen LogP contribution in [0.2, 0.25) is 0 Å². The third-order valence-corrected chi connectivity index (χ3v) is 3.39. The molecular formula is C17H23NO5. The highest BCUT2D eigenvalue weighted by Gasteiger charge is 2.22. The number of esters is 1. The van der Waals surface area contributed by atoms with Gasteiger partial charge in [-0.15, -0.1) is 11.5 Å². The van der Waals surface area contributed by atoms with Gasteiger partial charge in [0.1, 0.15) is 11.4 Å². The summed E-state index contributed by atoms with van der Waals surface area (Å²) in [6, 6.07) is 2.47. The number of ether oxygens (including phenoxy) is 1. The molecule has 1 aromatic rings. The normalized spacial score (nSPS) is 11.7. The van der Waals surface area contributed by atoms with Crippen molar-refractivity contribution in [2.45, 2.75) is 45.1 Å². The maximum absolute atomic E-state index is 12.2. The van der Waals surface area contributed by atoms with Crippen LogP contribution in [0.1, 0.15) is 48.5 Å². The van der Waals surface area contributed by atoms with Crippen molar-refractivity contribution in [1.29, 1.82) is 0 Å². The average molecular weight is 321 g/mol. The minimum absolute atomic E-state index is 0.00240. The van der Waals surface area contributed by atoms with Crippen LogP contribution in [0.5, 0.6) is 5.75 Å². The number of aliphatic hydroxyl groups excluding tert-OH is 1. The molecule has 2 N–H and O–H groups in total. The number of phenolic OH excluding ortho intramolecular Hbond substituents is 1. The second-order valence-electron chi connectivity index (χ2n) is 5.30. The molecule has 1 aromatic carbocycles. The lowest BCUT2D eigenvalue weighted by atomic mass is 9.97. The summed E-state index contributed by atoms with van der Waals surface area (Å²) >= 11 is 0. The molecule has 6 heteroatoms. The highest BCUT2D eigenvalue weighted by Crippen LogP contribution is 2.30. The molecule has 0 spiro atoms. The van der Waals surface area contributed by atoms with Gasteiger partial charge < -0.3 is 14.9 Å². The summed E-state index contributed by atoms with van der Waals surface area (Å²) in [6.07, 6.45) is 3.92. The number of hydrogen-bond donors (Lipinski definition) is 2. The molecule has 0 aliphatic rings. The van der Waals surface area contributed by atoms with Crippen molar-refractivity contribution in [3.8, 4) is 5.75 Å². The van der Waals surface area contributed by atoms with E-state index in [-0.39, 0.29) is 30.0 Å². The first-order valence-electron chi connectivity index (χ1n) is 7.68. The summed E-state index contributed by atoms with van der Waals surface area (Å²) in [5.74, 6) is -0.876. The zero-order valence-electron chi connectivity index (χ0n) is 13.3. The van der Waals surface area contributed by atoms with Crippen LogP contribution in [-0.2, 0) is 11.2 Å². The van der Waals surface area contributed by atoms with E-state index in [0.29, 0.717) is 18.4 Å². The van der Waals surface area contributed by atoms with E-state index in [0.717, 1.165) is 18.9 Å². The Morgan fingerprint density at radius 3 is 2.83 bits per heavy atom. The van der Waals surface area contributed by atoms with Gasteiger partial charge in [-0.3, -0.25) is 0 Å². The second-order valence-corrected chi connectivity index (χ2v) is 5.30. The van der Waals surface area contributed by atoms with Gasteiger partial charge in [0.05, 0.1) is 18.3 Å². The van der Waals surface area contributed by atoms with Gasteiger partial charge in [0, 0.05) is 6.07 Å². The summed E-state index contributed by atoms with van der Waals surface area (Å²) in [5.41, 5.74) is 0.163. The van der Waals surface area contributed by atoms with E-state index in [9.17, 15) is 19.9 Å². The van der Waals surface area contributed by atoms with E-state index in [4.69, 9.17) is 4.74 Å². The monoisotopic (exact) mass is 321 g/mol. The number of phenols is 1. The molecule has 0 radical (unpaired) electrons. The third kappa shape index (κ3) is 5.83. The molecule has 0 aliphatic heterocycles. The number of hydrogen-bond acceptors (Lipinski definition) is 6. The van der Waals surface area contributed by atoms with Crippen LogP contribution in [0, 0.1) is 4.91 Å². The van der Waals surface area contributed by atoms with E-state index in [1.54, 1.807) is 6.08 Å². The van der Waals surface area contributed by atoms with Gasteiger partial charge in [-0.05, 0) is 36.1 Å². The van der Waals surface area contributed by atoms with E-state index in [1.807, 2.05) is 6.92 Å². The van der Waals surface area contributed by atoms with Gasteiger partial charge in [-0.2, -0.15) is 0 Å². The Labute approximate surface area is 135 Å². The van der Waals surface area contributed by atoms with Crippen LogP contribution >= 0.6 is 0 Å². The number of nitroso groups, excluding NO2 is 1. The SMILES string of the molecule is C=CCCOC(=O)c1c(CC(O)CCCC)cc(O)cc1N=O. The smallest absolute Gasteiger partial charge is 0.340 e. The Kier molecular flexibility index (Phi) is 7.97. The Morgan fingerprint density at radius 1 is 1.48 bits per heavy atom. The minimum Gasteiger partial charge on any atom is -0.508 e. The highest BCUT2D eigenvalue weighted by molar-refractivity contribution is 5.97. The standard InChI is InChI=1S/C17H23NO5/c1-3-5-7-13(19)9-12-10-14(20)11-15(18-22)16(12)17(21)23-8-6-4-2/h4,10-11,13,19-20H,2-3,5-9H2,1H3. The minimum atomic E-state index is -0.695. The molecule has 1 atom stereocenters. The quantitative estimate of drug-likeness (QED) is 0.297. The molecule has 0 aromatic heterocycles. The van der Waals surface area contributed by atoms with Crippen molar-refractivity contribution in [2.75, 3.05) is 6.61 Å². The second kappa shape index (κ2) is 9.74. The number of carbonyl (C=O) groups excluding carboxylic acids is 1. The maximum atomic E-state index is 12.2. The zero-order chi connectivity index (χ0) is 17.2. The Morgan fingerprint density at radius 2 is 2.22 bits per heavy atom. The molecule has 23 heavy (non-hydrogen) atoms. The Balaban J connectivity index is 3.06.